The van der Waals surface area contributed by atoms with Crippen molar-refractivity contribution in [2.45, 2.75) is 18.9 Å². The standard InChI is InChI=1S/C28H24N2O2/c31-27(22-16-8-3-9-17-22)23-24(28(32)30-18-10-11-19-30)26(21-14-6-2-7-15-21)29-25(23)20-12-4-1-5-13-20/h1-9,12-17,26H,10-11,18-19H2. The number of hydrogen-bond acceptors (Lipinski definition) is 3. The normalized spacial score (nSPS) is 18.1. The van der Waals surface area contributed by atoms with Crippen LogP contribution in [0.2, 0.25) is 0 Å². The molecule has 0 N–H and O–H groups in total. The van der Waals surface area contributed by atoms with Crippen molar-refractivity contribution >= 4 is 17.4 Å². The summed E-state index contributed by atoms with van der Waals surface area (Å²) >= 11 is 0. The highest BCUT2D eigenvalue weighted by molar-refractivity contribution is 6.37. The molecule has 0 aliphatic carbocycles. The van der Waals surface area contributed by atoms with Gasteiger partial charge >= 0.3 is 0 Å². The van der Waals surface area contributed by atoms with Crippen molar-refractivity contribution < 1.29 is 9.59 Å². The van der Waals surface area contributed by atoms with Crippen LogP contribution < -0.4 is 0 Å². The van der Waals surface area contributed by atoms with E-state index in [2.05, 4.69) is 0 Å². The van der Waals surface area contributed by atoms with Crippen molar-refractivity contribution in [1.82, 2.24) is 4.90 Å². The van der Waals surface area contributed by atoms with Crippen LogP contribution in [0.15, 0.2) is 107 Å². The van der Waals surface area contributed by atoms with Crippen molar-refractivity contribution in [3.8, 4) is 0 Å². The lowest BCUT2D eigenvalue weighted by Gasteiger charge is -2.21. The molecule has 1 unspecified atom stereocenters. The quantitative estimate of drug-likeness (QED) is 0.544. The van der Waals surface area contributed by atoms with Crippen LogP contribution in [0.3, 0.4) is 0 Å². The minimum absolute atomic E-state index is 0.0784. The highest BCUT2D eigenvalue weighted by Crippen LogP contribution is 2.39. The molecule has 2 aliphatic rings. The Bertz CT molecular complexity index is 1190. The Balaban J connectivity index is 1.73. The van der Waals surface area contributed by atoms with Gasteiger partial charge in [0.2, 0.25) is 0 Å². The van der Waals surface area contributed by atoms with Crippen molar-refractivity contribution in [3.63, 3.8) is 0 Å². The minimum Gasteiger partial charge on any atom is -0.339 e. The average molecular weight is 421 g/mol. The molecule has 4 nitrogen and oxygen atoms in total. The van der Waals surface area contributed by atoms with Gasteiger partial charge in [-0.05, 0) is 18.4 Å². The molecule has 1 saturated heterocycles. The molecule has 2 aliphatic heterocycles. The zero-order chi connectivity index (χ0) is 21.9. The molecule has 0 aromatic heterocycles. The number of Topliss-reactive ketones (excluding diaryl/α,β-unsaturated/α-hetero) is 1. The van der Waals surface area contributed by atoms with E-state index in [-0.39, 0.29) is 11.7 Å². The van der Waals surface area contributed by atoms with Gasteiger partial charge in [-0.25, -0.2) is 0 Å². The van der Waals surface area contributed by atoms with Crippen molar-refractivity contribution in [1.29, 1.82) is 0 Å². The zero-order valence-electron chi connectivity index (χ0n) is 17.8. The van der Waals surface area contributed by atoms with Crippen molar-refractivity contribution in [2.75, 3.05) is 13.1 Å². The minimum atomic E-state index is -0.498. The first-order valence-electron chi connectivity index (χ1n) is 11.1. The van der Waals surface area contributed by atoms with Crippen molar-refractivity contribution in [2.24, 2.45) is 4.99 Å². The first-order valence-corrected chi connectivity index (χ1v) is 11.1. The summed E-state index contributed by atoms with van der Waals surface area (Å²) in [6.45, 7) is 1.44. The van der Waals surface area contributed by atoms with Gasteiger partial charge in [-0.1, -0.05) is 91.0 Å². The van der Waals surface area contributed by atoms with E-state index in [1.54, 1.807) is 12.1 Å². The summed E-state index contributed by atoms with van der Waals surface area (Å²) in [4.78, 5) is 34.5. The summed E-state index contributed by atoms with van der Waals surface area (Å²) < 4.78 is 0. The van der Waals surface area contributed by atoms with E-state index in [0.29, 0.717) is 22.4 Å². The maximum atomic E-state index is 13.8. The topological polar surface area (TPSA) is 49.7 Å². The Labute approximate surface area is 187 Å². The second kappa shape index (κ2) is 8.75. The van der Waals surface area contributed by atoms with Crippen molar-refractivity contribution in [3.05, 3.63) is 119 Å². The molecule has 3 aromatic rings. The lowest BCUT2D eigenvalue weighted by atomic mass is 9.89. The summed E-state index contributed by atoms with van der Waals surface area (Å²) in [5.74, 6) is -0.237. The molecule has 0 saturated carbocycles. The van der Waals surface area contributed by atoms with Gasteiger partial charge in [0.05, 0.1) is 16.9 Å². The second-order valence-corrected chi connectivity index (χ2v) is 8.14. The number of carbonyl (C=O) groups excluding carboxylic acids is 2. The molecule has 3 aromatic carbocycles. The van der Waals surface area contributed by atoms with Gasteiger partial charge in [0, 0.05) is 24.2 Å². The molecular weight excluding hydrogens is 396 g/mol. The molecule has 1 fully saturated rings. The summed E-state index contributed by atoms with van der Waals surface area (Å²) in [7, 11) is 0. The van der Waals surface area contributed by atoms with Gasteiger partial charge in [-0.2, -0.15) is 0 Å². The van der Waals surface area contributed by atoms with Crippen LogP contribution in [-0.4, -0.2) is 35.4 Å². The Kier molecular flexibility index (Phi) is 5.51. The molecule has 158 valence electrons. The fraction of sp³-hybridized carbons (Fsp3) is 0.179. The van der Waals surface area contributed by atoms with Gasteiger partial charge in [0.1, 0.15) is 6.04 Å². The SMILES string of the molecule is O=C(C1=C(C(=O)N2CCCC2)C(c2ccccc2)N=C1c1ccccc1)c1ccccc1. The molecule has 1 amide bonds. The third-order valence-corrected chi connectivity index (χ3v) is 6.09. The predicted octanol–water partition coefficient (Wildman–Crippen LogP) is 5.03. The van der Waals surface area contributed by atoms with E-state index < -0.39 is 6.04 Å². The van der Waals surface area contributed by atoms with Crippen LogP contribution in [0.25, 0.3) is 0 Å². The largest absolute Gasteiger partial charge is 0.339 e. The Hall–Kier alpha value is -3.79. The lowest BCUT2D eigenvalue weighted by molar-refractivity contribution is -0.126. The van der Waals surface area contributed by atoms with E-state index >= 15 is 0 Å². The van der Waals surface area contributed by atoms with Crippen LogP contribution in [0.1, 0.15) is 40.4 Å². The van der Waals surface area contributed by atoms with Gasteiger partial charge in [-0.3, -0.25) is 14.6 Å². The van der Waals surface area contributed by atoms with Gasteiger partial charge in [-0.15, -0.1) is 0 Å². The van der Waals surface area contributed by atoms with E-state index in [9.17, 15) is 9.59 Å². The van der Waals surface area contributed by atoms with Crippen LogP contribution in [-0.2, 0) is 4.79 Å². The Morgan fingerprint density at radius 3 is 1.94 bits per heavy atom. The van der Waals surface area contributed by atoms with Gasteiger partial charge < -0.3 is 4.90 Å². The third kappa shape index (κ3) is 3.69. The van der Waals surface area contributed by atoms with Gasteiger partial charge in [0.25, 0.3) is 5.91 Å². The number of carbonyl (C=O) groups is 2. The molecule has 5 rings (SSSR count). The first kappa shape index (κ1) is 20.1. The molecule has 0 radical (unpaired) electrons. The van der Waals surface area contributed by atoms with Crippen LogP contribution in [0, 0.1) is 0 Å². The number of amides is 1. The number of nitrogens with zero attached hydrogens (tertiary/aromatic N) is 2. The lowest BCUT2D eigenvalue weighted by Crippen LogP contribution is -2.32. The average Bonchev–Trinajstić information content (AvgIpc) is 3.54. The highest BCUT2D eigenvalue weighted by atomic mass is 16.2. The van der Waals surface area contributed by atoms with E-state index in [0.717, 1.165) is 37.1 Å². The van der Waals surface area contributed by atoms with E-state index in [4.69, 9.17) is 4.99 Å². The summed E-state index contributed by atoms with van der Waals surface area (Å²) in [6.07, 6.45) is 1.98. The van der Waals surface area contributed by atoms with E-state index in [1.807, 2.05) is 83.8 Å². The monoisotopic (exact) mass is 420 g/mol. The highest BCUT2D eigenvalue weighted by Gasteiger charge is 2.39. The number of hydrogen-bond donors (Lipinski definition) is 0. The number of rotatable bonds is 5. The summed E-state index contributed by atoms with van der Waals surface area (Å²) in [5, 5.41) is 0. The van der Waals surface area contributed by atoms with Crippen LogP contribution in [0.4, 0.5) is 0 Å². The van der Waals surface area contributed by atoms with Crippen LogP contribution >= 0.6 is 0 Å². The number of ketones is 1. The molecule has 2 heterocycles. The Morgan fingerprint density at radius 2 is 1.31 bits per heavy atom. The zero-order valence-corrected chi connectivity index (χ0v) is 17.8. The number of aliphatic imine (C=N–C) groups is 1. The predicted molar refractivity (Wildman–Crippen MR) is 126 cm³/mol. The van der Waals surface area contributed by atoms with E-state index in [1.165, 1.54) is 0 Å². The fourth-order valence-corrected chi connectivity index (χ4v) is 4.49. The first-order chi connectivity index (χ1) is 15.7. The maximum absolute atomic E-state index is 13.8. The Morgan fingerprint density at radius 1 is 0.750 bits per heavy atom. The fourth-order valence-electron chi connectivity index (χ4n) is 4.49. The molecule has 32 heavy (non-hydrogen) atoms. The second-order valence-electron chi connectivity index (χ2n) is 8.14. The number of allylic oxidation sites excluding steroid dienone is 1. The summed E-state index contributed by atoms with van der Waals surface area (Å²) in [6, 6.07) is 28.2. The number of likely N-dealkylation sites (tertiary alicyclic amines) is 1. The molecule has 0 spiro atoms. The molecule has 1 atom stereocenters. The summed E-state index contributed by atoms with van der Waals surface area (Å²) in [5.41, 5.74) is 3.83. The molecular formula is C28H24N2O2. The van der Waals surface area contributed by atoms with Crippen LogP contribution in [0.5, 0.6) is 0 Å². The maximum Gasteiger partial charge on any atom is 0.253 e. The third-order valence-electron chi connectivity index (χ3n) is 6.09. The molecule has 0 bridgehead atoms. The smallest absolute Gasteiger partial charge is 0.253 e. The van der Waals surface area contributed by atoms with Gasteiger partial charge in [0.15, 0.2) is 5.78 Å². The molecule has 4 heteroatoms. The number of benzene rings is 3.